The Labute approximate surface area is 199 Å². The van der Waals surface area contributed by atoms with Crippen molar-refractivity contribution in [1.29, 1.82) is 5.26 Å². The maximum absolute atomic E-state index is 13.6. The maximum atomic E-state index is 13.6. The third-order valence-corrected chi connectivity index (χ3v) is 8.93. The zero-order valence-corrected chi connectivity index (χ0v) is 19.4. The van der Waals surface area contributed by atoms with E-state index in [-0.39, 0.29) is 47.8 Å². The minimum absolute atomic E-state index is 0.0177. The Hall–Kier alpha value is -2.50. The van der Waals surface area contributed by atoms with Crippen molar-refractivity contribution in [2.75, 3.05) is 13.1 Å². The number of carbonyl (C=O) groups excluding carboxylic acids is 2. The number of likely N-dealkylation sites (tertiary alicyclic amines) is 3. The lowest BCUT2D eigenvalue weighted by atomic mass is 9.89. The Bertz CT molecular complexity index is 1020. The summed E-state index contributed by atoms with van der Waals surface area (Å²) < 4.78 is 13.6. The molecule has 3 aliphatic heterocycles. The van der Waals surface area contributed by atoms with Gasteiger partial charge in [-0.15, -0.1) is 0 Å². The number of nitrogens with two attached hydrogens (primary N) is 1. The van der Waals surface area contributed by atoms with Gasteiger partial charge in [-0.25, -0.2) is 4.39 Å². The Balaban J connectivity index is 1.16. The van der Waals surface area contributed by atoms with Gasteiger partial charge in [-0.3, -0.25) is 14.5 Å². The smallest absolute Gasteiger partial charge is 0.242 e. The molecule has 3 heterocycles. The number of carbonyl (C=O) groups is 2. The molecule has 34 heavy (non-hydrogen) atoms. The first kappa shape index (κ1) is 22.0. The number of piperidine rings is 1. The lowest BCUT2D eigenvalue weighted by Crippen LogP contribution is -2.57. The number of hydrogen-bond acceptors (Lipinski definition) is 5. The van der Waals surface area contributed by atoms with Crippen LogP contribution in [-0.4, -0.2) is 69.8 Å². The lowest BCUT2D eigenvalue weighted by molar-refractivity contribution is -0.142. The Kier molecular flexibility index (Phi) is 5.38. The molecule has 7 atom stereocenters. The van der Waals surface area contributed by atoms with E-state index in [1.54, 1.807) is 4.90 Å². The molecular weight excluding hydrogens is 433 g/mol. The van der Waals surface area contributed by atoms with Crippen LogP contribution in [0.25, 0.3) is 0 Å². The molecule has 0 aromatic heterocycles. The van der Waals surface area contributed by atoms with E-state index in [9.17, 15) is 19.2 Å². The number of fused-ring (bicyclic) bond motifs is 3. The quantitative estimate of drug-likeness (QED) is 0.695. The highest BCUT2D eigenvalue weighted by Crippen LogP contribution is 2.48. The first-order valence-corrected chi connectivity index (χ1v) is 12.8. The van der Waals surface area contributed by atoms with Crippen molar-refractivity contribution in [2.45, 2.75) is 81.2 Å². The van der Waals surface area contributed by atoms with Crippen LogP contribution in [0.3, 0.4) is 0 Å². The van der Waals surface area contributed by atoms with Crippen LogP contribution >= 0.6 is 0 Å². The van der Waals surface area contributed by atoms with E-state index in [1.165, 1.54) is 25.0 Å². The van der Waals surface area contributed by atoms with E-state index in [0.717, 1.165) is 37.7 Å². The molecule has 2 N–H and O–H groups in total. The van der Waals surface area contributed by atoms with Gasteiger partial charge in [0.05, 0.1) is 24.2 Å². The van der Waals surface area contributed by atoms with Gasteiger partial charge in [-0.1, -0.05) is 25.0 Å². The van der Waals surface area contributed by atoms with Crippen LogP contribution < -0.4 is 5.73 Å². The maximum Gasteiger partial charge on any atom is 0.242 e. The lowest BCUT2D eigenvalue weighted by Gasteiger charge is -2.42. The van der Waals surface area contributed by atoms with Crippen molar-refractivity contribution in [3.8, 4) is 6.07 Å². The monoisotopic (exact) mass is 465 g/mol. The van der Waals surface area contributed by atoms with E-state index >= 15 is 0 Å². The van der Waals surface area contributed by atoms with Gasteiger partial charge in [-0.2, -0.15) is 5.26 Å². The minimum Gasteiger partial charge on any atom is -0.330 e. The highest BCUT2D eigenvalue weighted by molar-refractivity contribution is 5.87. The average molecular weight is 466 g/mol. The molecule has 2 aliphatic carbocycles. The summed E-state index contributed by atoms with van der Waals surface area (Å²) in [4.78, 5) is 32.5. The second-order valence-electron chi connectivity index (χ2n) is 10.9. The molecule has 7 nitrogen and oxygen atoms in total. The molecule has 2 saturated carbocycles. The second kappa shape index (κ2) is 8.31. The predicted molar refractivity (Wildman–Crippen MR) is 122 cm³/mol. The van der Waals surface area contributed by atoms with Crippen LogP contribution in [0.15, 0.2) is 24.3 Å². The van der Waals surface area contributed by atoms with Gasteiger partial charge in [0, 0.05) is 25.2 Å². The molecule has 5 aliphatic rings. The number of halogens is 1. The normalized spacial score (nSPS) is 34.4. The molecule has 0 spiro atoms. The van der Waals surface area contributed by atoms with E-state index in [0.29, 0.717) is 24.9 Å². The van der Waals surface area contributed by atoms with Gasteiger partial charge in [0.25, 0.3) is 0 Å². The highest BCUT2D eigenvalue weighted by Gasteiger charge is 2.56. The van der Waals surface area contributed by atoms with Crippen molar-refractivity contribution in [1.82, 2.24) is 14.7 Å². The third kappa shape index (κ3) is 3.52. The van der Waals surface area contributed by atoms with Crippen molar-refractivity contribution >= 4 is 11.8 Å². The van der Waals surface area contributed by atoms with Gasteiger partial charge in [0.15, 0.2) is 0 Å². The molecule has 0 radical (unpaired) electrons. The SMILES string of the molecule is N#C[C@@H]1C[C@@H]2CC2N1C(=O)[C@@H](N)CN1C[C@@H]2C[C@H]1C(=O)N2[C@@H](c1ccc(F)cc1)C1CCCC1. The zero-order valence-electron chi connectivity index (χ0n) is 19.4. The number of amides is 2. The zero-order chi connectivity index (χ0) is 23.6. The summed E-state index contributed by atoms with van der Waals surface area (Å²) in [5, 5.41) is 9.42. The minimum atomic E-state index is -0.724. The van der Waals surface area contributed by atoms with E-state index in [4.69, 9.17) is 5.73 Å². The number of nitrogens with zero attached hydrogens (tertiary/aromatic N) is 4. The molecule has 180 valence electrons. The molecule has 5 fully saturated rings. The summed E-state index contributed by atoms with van der Waals surface area (Å²) in [5.41, 5.74) is 7.37. The van der Waals surface area contributed by atoms with Gasteiger partial charge in [0.1, 0.15) is 11.9 Å². The Morgan fingerprint density at radius 2 is 1.91 bits per heavy atom. The number of rotatable bonds is 6. The number of piperazine rings is 1. The summed E-state index contributed by atoms with van der Waals surface area (Å²) in [7, 11) is 0. The van der Waals surface area contributed by atoms with Crippen molar-refractivity contribution in [3.05, 3.63) is 35.6 Å². The number of hydrogen-bond donors (Lipinski definition) is 1. The fraction of sp³-hybridized carbons (Fsp3) is 0.654. The number of nitriles is 1. The van der Waals surface area contributed by atoms with Crippen LogP contribution in [0.1, 0.15) is 56.6 Å². The van der Waals surface area contributed by atoms with E-state index in [1.807, 2.05) is 12.1 Å². The summed E-state index contributed by atoms with van der Waals surface area (Å²) in [6.45, 7) is 1.05. The molecule has 6 rings (SSSR count). The molecule has 1 aromatic carbocycles. The summed E-state index contributed by atoms with van der Waals surface area (Å²) in [6.07, 6.45) is 7.00. The fourth-order valence-electron chi connectivity index (χ4n) is 7.26. The van der Waals surface area contributed by atoms with Crippen molar-refractivity contribution in [3.63, 3.8) is 0 Å². The topological polar surface area (TPSA) is 93.7 Å². The van der Waals surface area contributed by atoms with Crippen LogP contribution in [0, 0.1) is 29.0 Å². The molecule has 8 heteroatoms. The van der Waals surface area contributed by atoms with Crippen LogP contribution in [-0.2, 0) is 9.59 Å². The summed E-state index contributed by atoms with van der Waals surface area (Å²) >= 11 is 0. The van der Waals surface area contributed by atoms with E-state index < -0.39 is 6.04 Å². The summed E-state index contributed by atoms with van der Waals surface area (Å²) in [6, 6.07) is 7.80. The molecule has 1 unspecified atom stereocenters. The van der Waals surface area contributed by atoms with Crippen LogP contribution in [0.5, 0.6) is 0 Å². The predicted octanol–water partition coefficient (Wildman–Crippen LogP) is 2.18. The third-order valence-electron chi connectivity index (χ3n) is 8.93. The summed E-state index contributed by atoms with van der Waals surface area (Å²) in [5.74, 6) is 0.546. The van der Waals surface area contributed by atoms with Crippen LogP contribution in [0.4, 0.5) is 4.39 Å². The van der Waals surface area contributed by atoms with Crippen molar-refractivity contribution in [2.24, 2.45) is 17.6 Å². The largest absolute Gasteiger partial charge is 0.330 e. The fourth-order valence-corrected chi connectivity index (χ4v) is 7.26. The Morgan fingerprint density at radius 3 is 2.59 bits per heavy atom. The van der Waals surface area contributed by atoms with Gasteiger partial charge < -0.3 is 15.5 Å². The van der Waals surface area contributed by atoms with Gasteiger partial charge in [-0.05, 0) is 61.6 Å². The standard InChI is InChI=1S/C26H32FN5O2/c27-18-7-5-16(6-8-18)24(15-3-1-2-4-15)32-20-11-23(26(32)34)30(13-20)14-21(29)25(33)31-19(12-28)9-17-10-22(17)31/h5-8,15,17,19-24H,1-4,9-11,13-14,29H2/t17-,19+,20+,21+,22?,23+,24-/m1/s1. The Morgan fingerprint density at radius 1 is 1.18 bits per heavy atom. The van der Waals surface area contributed by atoms with Gasteiger partial charge >= 0.3 is 0 Å². The first-order chi connectivity index (χ1) is 16.5. The van der Waals surface area contributed by atoms with Crippen LogP contribution in [0.2, 0.25) is 0 Å². The highest BCUT2D eigenvalue weighted by atomic mass is 19.1. The first-order valence-electron chi connectivity index (χ1n) is 12.8. The van der Waals surface area contributed by atoms with Gasteiger partial charge in [0.2, 0.25) is 11.8 Å². The average Bonchev–Trinajstić information content (AvgIpc) is 3.25. The molecule has 2 bridgehead atoms. The van der Waals surface area contributed by atoms with E-state index in [2.05, 4.69) is 15.9 Å². The second-order valence-corrected chi connectivity index (χ2v) is 10.9. The molecule has 2 amide bonds. The molecular formula is C26H32FN5O2. The molecule has 3 saturated heterocycles. The number of benzene rings is 1. The molecule has 1 aromatic rings. The van der Waals surface area contributed by atoms with Crippen molar-refractivity contribution < 1.29 is 14.0 Å².